The Labute approximate surface area is 246 Å². The molecule has 4 rings (SSSR count). The lowest BCUT2D eigenvalue weighted by molar-refractivity contribution is 0.0582. The van der Waals surface area contributed by atoms with E-state index in [0.29, 0.717) is 54.4 Å². The van der Waals surface area contributed by atoms with Gasteiger partial charge in [0, 0.05) is 25.2 Å². The van der Waals surface area contributed by atoms with Crippen LogP contribution in [0.1, 0.15) is 51.7 Å². The second-order valence-electron chi connectivity index (χ2n) is 9.61. The number of esters is 1. The van der Waals surface area contributed by atoms with Gasteiger partial charge in [0.25, 0.3) is 5.91 Å². The highest BCUT2D eigenvalue weighted by atomic mass is 32.2. The highest BCUT2D eigenvalue weighted by molar-refractivity contribution is 7.89. The van der Waals surface area contributed by atoms with Crippen LogP contribution in [0, 0.1) is 0 Å². The number of sulfonamides is 1. The number of hydrogen-bond acceptors (Lipinski definition) is 8. The van der Waals surface area contributed by atoms with Crippen molar-refractivity contribution in [2.75, 3.05) is 47.6 Å². The minimum atomic E-state index is -3.65. The first-order valence-electron chi connectivity index (χ1n) is 13.7. The van der Waals surface area contributed by atoms with Crippen molar-refractivity contribution in [1.29, 1.82) is 0 Å². The number of amides is 1. The summed E-state index contributed by atoms with van der Waals surface area (Å²) in [5, 5.41) is 0. The molecule has 0 spiro atoms. The molecule has 1 heterocycles. The lowest BCUT2D eigenvalue weighted by Crippen LogP contribution is -2.42. The van der Waals surface area contributed by atoms with Gasteiger partial charge in [0.1, 0.15) is 12.4 Å². The standard InChI is InChI=1S/C31H36N2O8S/c1-6-32(7-2)42(36,37)25-14-10-21(11-15-25)30(34)33-17-16-23-18-28(38-3)29(39-4)19-26(23)27(33)20-41-24-12-8-22(9-13-24)31(35)40-5/h8-15,18-19,27H,6-7,16-17,20H2,1-5H3. The SMILES string of the molecule is CCN(CC)S(=O)(=O)c1ccc(C(=O)N2CCc3cc(OC)c(OC)cc3C2COc2ccc(C(=O)OC)cc2)cc1. The van der Waals surface area contributed by atoms with Crippen molar-refractivity contribution in [1.82, 2.24) is 9.21 Å². The van der Waals surface area contributed by atoms with Crippen molar-refractivity contribution in [3.05, 3.63) is 82.9 Å². The van der Waals surface area contributed by atoms with E-state index in [2.05, 4.69) is 0 Å². The number of benzene rings is 3. The predicted octanol–water partition coefficient (Wildman–Crippen LogP) is 4.34. The molecule has 0 bridgehead atoms. The molecule has 0 saturated carbocycles. The van der Waals surface area contributed by atoms with Crippen LogP contribution in [-0.4, -0.2) is 77.1 Å². The number of fused-ring (bicyclic) bond motifs is 1. The third-order valence-electron chi connectivity index (χ3n) is 7.39. The summed E-state index contributed by atoms with van der Waals surface area (Å²) < 4.78 is 49.2. The minimum absolute atomic E-state index is 0.125. The second-order valence-corrected chi connectivity index (χ2v) is 11.5. The molecule has 11 heteroatoms. The molecule has 0 aliphatic carbocycles. The minimum Gasteiger partial charge on any atom is -0.493 e. The van der Waals surface area contributed by atoms with Crippen molar-refractivity contribution < 1.29 is 37.0 Å². The molecule has 0 aromatic heterocycles. The van der Waals surface area contributed by atoms with Crippen molar-refractivity contribution in [3.8, 4) is 17.2 Å². The van der Waals surface area contributed by atoms with Crippen LogP contribution in [0.3, 0.4) is 0 Å². The van der Waals surface area contributed by atoms with Crippen molar-refractivity contribution in [2.45, 2.75) is 31.2 Å². The van der Waals surface area contributed by atoms with Crippen LogP contribution in [0.15, 0.2) is 65.6 Å². The monoisotopic (exact) mass is 596 g/mol. The molecule has 0 fully saturated rings. The van der Waals surface area contributed by atoms with E-state index in [0.717, 1.165) is 11.1 Å². The van der Waals surface area contributed by atoms with Crippen LogP contribution < -0.4 is 14.2 Å². The Kier molecular flexibility index (Phi) is 9.74. The maximum absolute atomic E-state index is 13.9. The van der Waals surface area contributed by atoms with Crippen molar-refractivity contribution in [2.24, 2.45) is 0 Å². The summed E-state index contributed by atoms with van der Waals surface area (Å²) in [6.45, 7) is 4.82. The molecule has 1 amide bonds. The average molecular weight is 597 g/mol. The van der Waals surface area contributed by atoms with Gasteiger partial charge in [0.15, 0.2) is 11.5 Å². The van der Waals surface area contributed by atoms with Gasteiger partial charge in [0.2, 0.25) is 10.0 Å². The Morgan fingerprint density at radius 3 is 2.05 bits per heavy atom. The fraction of sp³-hybridized carbons (Fsp3) is 0.355. The summed E-state index contributed by atoms with van der Waals surface area (Å²) in [4.78, 5) is 27.5. The van der Waals surface area contributed by atoms with Gasteiger partial charge < -0.3 is 23.8 Å². The zero-order valence-corrected chi connectivity index (χ0v) is 25.3. The van der Waals surface area contributed by atoms with Gasteiger partial charge >= 0.3 is 5.97 Å². The summed E-state index contributed by atoms with van der Waals surface area (Å²) in [5.74, 6) is 0.949. The number of hydrogen-bond donors (Lipinski definition) is 0. The lowest BCUT2D eigenvalue weighted by Gasteiger charge is -2.37. The van der Waals surface area contributed by atoms with Gasteiger partial charge in [-0.2, -0.15) is 4.31 Å². The Morgan fingerprint density at radius 2 is 1.48 bits per heavy atom. The van der Waals surface area contributed by atoms with E-state index in [4.69, 9.17) is 18.9 Å². The van der Waals surface area contributed by atoms with Crippen LogP contribution in [-0.2, 0) is 21.2 Å². The van der Waals surface area contributed by atoms with Gasteiger partial charge in [-0.1, -0.05) is 13.8 Å². The van der Waals surface area contributed by atoms with E-state index < -0.39 is 22.0 Å². The molecule has 0 N–H and O–H groups in total. The normalized spacial score (nSPS) is 14.7. The fourth-order valence-electron chi connectivity index (χ4n) is 5.08. The van der Waals surface area contributed by atoms with Crippen molar-refractivity contribution in [3.63, 3.8) is 0 Å². The first-order valence-corrected chi connectivity index (χ1v) is 15.1. The van der Waals surface area contributed by atoms with Crippen LogP contribution in [0.5, 0.6) is 17.2 Å². The van der Waals surface area contributed by atoms with E-state index in [1.165, 1.54) is 23.5 Å². The van der Waals surface area contributed by atoms with Gasteiger partial charge in [-0.3, -0.25) is 4.79 Å². The first kappa shape index (κ1) is 30.9. The van der Waals surface area contributed by atoms with Crippen LogP contribution in [0.2, 0.25) is 0 Å². The Hall–Kier alpha value is -4.09. The molecular weight excluding hydrogens is 560 g/mol. The number of ether oxygens (including phenoxy) is 4. The summed E-state index contributed by atoms with van der Waals surface area (Å²) >= 11 is 0. The zero-order valence-electron chi connectivity index (χ0n) is 24.5. The van der Waals surface area contributed by atoms with Crippen LogP contribution in [0.4, 0.5) is 0 Å². The number of carbonyl (C=O) groups is 2. The first-order chi connectivity index (χ1) is 20.2. The largest absolute Gasteiger partial charge is 0.493 e. The van der Waals surface area contributed by atoms with Gasteiger partial charge in [-0.15, -0.1) is 0 Å². The van der Waals surface area contributed by atoms with Gasteiger partial charge in [-0.25, -0.2) is 13.2 Å². The number of rotatable bonds is 11. The molecular formula is C31H36N2O8S. The number of methoxy groups -OCH3 is 3. The van der Waals surface area contributed by atoms with Crippen molar-refractivity contribution >= 4 is 21.9 Å². The van der Waals surface area contributed by atoms with Gasteiger partial charge in [-0.05, 0) is 78.2 Å². The van der Waals surface area contributed by atoms with E-state index in [1.807, 2.05) is 12.1 Å². The van der Waals surface area contributed by atoms with E-state index in [9.17, 15) is 18.0 Å². The lowest BCUT2D eigenvalue weighted by atomic mass is 9.91. The Bertz CT molecular complexity index is 1520. The summed E-state index contributed by atoms with van der Waals surface area (Å²) in [6.07, 6.45) is 0.584. The molecule has 224 valence electrons. The number of nitrogens with zero attached hydrogens (tertiary/aromatic N) is 2. The summed E-state index contributed by atoms with van der Waals surface area (Å²) in [5.41, 5.74) is 2.63. The Balaban J connectivity index is 1.65. The molecule has 1 unspecified atom stereocenters. The number of carbonyl (C=O) groups excluding carboxylic acids is 2. The third-order valence-corrected chi connectivity index (χ3v) is 9.46. The summed E-state index contributed by atoms with van der Waals surface area (Å²) in [6, 6.07) is 15.9. The molecule has 3 aromatic carbocycles. The van der Waals surface area contributed by atoms with Crippen LogP contribution >= 0.6 is 0 Å². The van der Waals surface area contributed by atoms with E-state index in [-0.39, 0.29) is 17.4 Å². The molecule has 0 radical (unpaired) electrons. The molecule has 42 heavy (non-hydrogen) atoms. The molecule has 1 aliphatic heterocycles. The topological polar surface area (TPSA) is 112 Å². The fourth-order valence-corrected chi connectivity index (χ4v) is 6.54. The van der Waals surface area contributed by atoms with E-state index in [1.54, 1.807) is 69.4 Å². The van der Waals surface area contributed by atoms with Crippen LogP contribution in [0.25, 0.3) is 0 Å². The Morgan fingerprint density at radius 1 is 0.881 bits per heavy atom. The molecule has 1 atom stereocenters. The quantitative estimate of drug-likeness (QED) is 0.301. The summed E-state index contributed by atoms with van der Waals surface area (Å²) in [7, 11) is 0.798. The highest BCUT2D eigenvalue weighted by Gasteiger charge is 2.34. The zero-order chi connectivity index (χ0) is 30.4. The average Bonchev–Trinajstić information content (AvgIpc) is 3.02. The smallest absolute Gasteiger partial charge is 0.337 e. The molecule has 3 aromatic rings. The molecule has 1 aliphatic rings. The highest BCUT2D eigenvalue weighted by Crippen LogP contribution is 2.39. The molecule has 0 saturated heterocycles. The van der Waals surface area contributed by atoms with Gasteiger partial charge in [0.05, 0.1) is 37.8 Å². The second kappa shape index (κ2) is 13.3. The maximum Gasteiger partial charge on any atom is 0.337 e. The maximum atomic E-state index is 13.9. The molecule has 10 nitrogen and oxygen atoms in total. The van der Waals surface area contributed by atoms with E-state index >= 15 is 0 Å². The predicted molar refractivity (Wildman–Crippen MR) is 157 cm³/mol. The third kappa shape index (κ3) is 6.22.